The predicted octanol–water partition coefficient (Wildman–Crippen LogP) is 2.03. The fourth-order valence-electron chi connectivity index (χ4n) is 1.55. The van der Waals surface area contributed by atoms with E-state index in [0.29, 0.717) is 18.1 Å². The van der Waals surface area contributed by atoms with Crippen LogP contribution in [0.25, 0.3) is 0 Å². The molecule has 19 heavy (non-hydrogen) atoms. The lowest BCUT2D eigenvalue weighted by Gasteiger charge is -2.11. The summed E-state index contributed by atoms with van der Waals surface area (Å²) in [6.07, 6.45) is 1.73. The van der Waals surface area contributed by atoms with Crippen molar-refractivity contribution in [2.24, 2.45) is 0 Å². The van der Waals surface area contributed by atoms with Crippen LogP contribution in [0, 0.1) is 11.3 Å². The highest BCUT2D eigenvalue weighted by atomic mass is 15.2. The first-order chi connectivity index (χ1) is 9.19. The van der Waals surface area contributed by atoms with Crippen LogP contribution in [-0.2, 0) is 6.54 Å². The lowest BCUT2D eigenvalue weighted by molar-refractivity contribution is 0.987. The molecule has 5 heteroatoms. The maximum atomic E-state index is 8.73. The molecule has 1 aromatic heterocycles. The van der Waals surface area contributed by atoms with Gasteiger partial charge in [-0.25, -0.2) is 4.98 Å². The molecule has 1 aromatic carbocycles. The first-order valence-electron chi connectivity index (χ1n) is 5.92. The number of hydrogen-bond donors (Lipinski definition) is 1. The topological polar surface area (TPSA) is 64.8 Å². The van der Waals surface area contributed by atoms with Crippen molar-refractivity contribution in [2.75, 3.05) is 24.3 Å². The summed E-state index contributed by atoms with van der Waals surface area (Å²) in [4.78, 5) is 10.4. The minimum Gasteiger partial charge on any atom is -0.366 e. The van der Waals surface area contributed by atoms with Gasteiger partial charge in [0.15, 0.2) is 0 Å². The van der Waals surface area contributed by atoms with Gasteiger partial charge in [0.1, 0.15) is 5.82 Å². The van der Waals surface area contributed by atoms with Gasteiger partial charge in [0.2, 0.25) is 5.95 Å². The van der Waals surface area contributed by atoms with E-state index in [-0.39, 0.29) is 0 Å². The Bertz CT molecular complexity index is 584. The van der Waals surface area contributed by atoms with Crippen molar-refractivity contribution in [3.8, 4) is 6.07 Å². The van der Waals surface area contributed by atoms with Crippen LogP contribution in [0.15, 0.2) is 36.5 Å². The zero-order valence-electron chi connectivity index (χ0n) is 11.0. The quantitative estimate of drug-likeness (QED) is 0.903. The molecule has 96 valence electrons. The van der Waals surface area contributed by atoms with Crippen molar-refractivity contribution in [2.45, 2.75) is 6.54 Å². The second kappa shape index (κ2) is 5.83. The Labute approximate surface area is 112 Å². The van der Waals surface area contributed by atoms with Crippen molar-refractivity contribution < 1.29 is 0 Å². The molecule has 0 unspecified atom stereocenters. The summed E-state index contributed by atoms with van der Waals surface area (Å²) in [6, 6.07) is 11.4. The molecule has 0 saturated carbocycles. The van der Waals surface area contributed by atoms with Gasteiger partial charge in [-0.05, 0) is 23.8 Å². The van der Waals surface area contributed by atoms with E-state index in [1.54, 1.807) is 6.20 Å². The highest BCUT2D eigenvalue weighted by molar-refractivity contribution is 5.41. The van der Waals surface area contributed by atoms with Crippen molar-refractivity contribution in [1.29, 1.82) is 5.26 Å². The molecule has 1 heterocycles. The summed E-state index contributed by atoms with van der Waals surface area (Å²) in [6.45, 7) is 0.662. The lowest BCUT2D eigenvalue weighted by atomic mass is 10.1. The Hall–Kier alpha value is -2.61. The van der Waals surface area contributed by atoms with E-state index in [9.17, 15) is 0 Å². The van der Waals surface area contributed by atoms with Crippen LogP contribution in [0.1, 0.15) is 11.1 Å². The van der Waals surface area contributed by atoms with E-state index in [2.05, 4.69) is 21.4 Å². The molecular weight excluding hydrogens is 238 g/mol. The predicted molar refractivity (Wildman–Crippen MR) is 74.8 cm³/mol. The largest absolute Gasteiger partial charge is 0.366 e. The monoisotopic (exact) mass is 253 g/mol. The summed E-state index contributed by atoms with van der Waals surface area (Å²) in [5.41, 5.74) is 1.77. The molecule has 2 rings (SSSR count). The first kappa shape index (κ1) is 12.8. The third-order valence-electron chi connectivity index (χ3n) is 2.60. The maximum Gasteiger partial charge on any atom is 0.226 e. The highest BCUT2D eigenvalue weighted by Gasteiger charge is 2.01. The summed E-state index contributed by atoms with van der Waals surface area (Å²) in [7, 11) is 3.81. The van der Waals surface area contributed by atoms with E-state index >= 15 is 0 Å². The highest BCUT2D eigenvalue weighted by Crippen LogP contribution is 2.10. The van der Waals surface area contributed by atoms with Crippen molar-refractivity contribution in [1.82, 2.24) is 9.97 Å². The minimum atomic E-state index is 0.662. The number of hydrogen-bond acceptors (Lipinski definition) is 5. The average molecular weight is 253 g/mol. The molecule has 2 aromatic rings. The van der Waals surface area contributed by atoms with Crippen LogP contribution in [0.4, 0.5) is 11.8 Å². The standard InChI is InChI=1S/C14H15N5/c1-19(2)14-16-8-7-13(18-14)17-10-12-5-3-11(9-15)4-6-12/h3-8H,10H2,1-2H3,(H,16,17,18). The van der Waals surface area contributed by atoms with Gasteiger partial charge >= 0.3 is 0 Å². The van der Waals surface area contributed by atoms with Crippen molar-refractivity contribution >= 4 is 11.8 Å². The van der Waals surface area contributed by atoms with Crippen LogP contribution in [-0.4, -0.2) is 24.1 Å². The molecule has 0 fully saturated rings. The van der Waals surface area contributed by atoms with Crippen LogP contribution < -0.4 is 10.2 Å². The number of nitrogens with zero attached hydrogens (tertiary/aromatic N) is 4. The second-order valence-corrected chi connectivity index (χ2v) is 4.30. The SMILES string of the molecule is CN(C)c1nccc(NCc2ccc(C#N)cc2)n1. The molecule has 0 aliphatic carbocycles. The molecule has 0 amide bonds. The number of rotatable bonds is 4. The van der Waals surface area contributed by atoms with E-state index in [1.165, 1.54) is 0 Å². The van der Waals surface area contributed by atoms with Crippen LogP contribution in [0.2, 0.25) is 0 Å². The molecule has 0 spiro atoms. The lowest BCUT2D eigenvalue weighted by Crippen LogP contribution is -2.13. The molecule has 0 radical (unpaired) electrons. The van der Waals surface area contributed by atoms with Gasteiger partial charge in [0.25, 0.3) is 0 Å². The third kappa shape index (κ3) is 3.42. The molecule has 0 saturated heterocycles. The number of benzene rings is 1. The van der Waals surface area contributed by atoms with Gasteiger partial charge in [-0.1, -0.05) is 12.1 Å². The van der Waals surface area contributed by atoms with E-state index < -0.39 is 0 Å². The normalized spacial score (nSPS) is 9.74. The molecule has 0 atom stereocenters. The molecule has 5 nitrogen and oxygen atoms in total. The summed E-state index contributed by atoms with van der Waals surface area (Å²) in [5, 5.41) is 12.0. The van der Waals surface area contributed by atoms with Crippen LogP contribution in [0.3, 0.4) is 0 Å². The van der Waals surface area contributed by atoms with E-state index in [1.807, 2.05) is 49.3 Å². The Kier molecular flexibility index (Phi) is 3.94. The van der Waals surface area contributed by atoms with Gasteiger partial charge in [-0.3, -0.25) is 0 Å². The Morgan fingerprint density at radius 1 is 1.21 bits per heavy atom. The molecular formula is C14H15N5. The molecule has 0 aliphatic heterocycles. The average Bonchev–Trinajstić information content (AvgIpc) is 2.46. The van der Waals surface area contributed by atoms with Gasteiger partial charge in [0.05, 0.1) is 11.6 Å². The number of aromatic nitrogens is 2. The minimum absolute atomic E-state index is 0.662. The fourth-order valence-corrected chi connectivity index (χ4v) is 1.55. The van der Waals surface area contributed by atoms with Crippen molar-refractivity contribution in [3.05, 3.63) is 47.7 Å². The maximum absolute atomic E-state index is 8.73. The smallest absolute Gasteiger partial charge is 0.226 e. The summed E-state index contributed by atoms with van der Waals surface area (Å²) in [5.74, 6) is 1.45. The number of nitriles is 1. The number of nitrogens with one attached hydrogen (secondary N) is 1. The van der Waals surface area contributed by atoms with Gasteiger partial charge < -0.3 is 10.2 Å². The Morgan fingerprint density at radius 3 is 2.58 bits per heavy atom. The molecule has 0 aliphatic rings. The summed E-state index contributed by atoms with van der Waals surface area (Å²) < 4.78 is 0. The third-order valence-corrected chi connectivity index (χ3v) is 2.60. The zero-order valence-corrected chi connectivity index (χ0v) is 11.0. The molecule has 0 bridgehead atoms. The first-order valence-corrected chi connectivity index (χ1v) is 5.92. The van der Waals surface area contributed by atoms with Crippen LogP contribution in [0.5, 0.6) is 0 Å². The molecule has 1 N–H and O–H groups in total. The van der Waals surface area contributed by atoms with E-state index in [4.69, 9.17) is 5.26 Å². The Balaban J connectivity index is 2.02. The van der Waals surface area contributed by atoms with E-state index in [0.717, 1.165) is 11.4 Å². The van der Waals surface area contributed by atoms with Crippen LogP contribution >= 0.6 is 0 Å². The van der Waals surface area contributed by atoms with Gasteiger partial charge in [0, 0.05) is 26.8 Å². The van der Waals surface area contributed by atoms with Gasteiger partial charge in [-0.2, -0.15) is 10.2 Å². The number of anilines is 2. The van der Waals surface area contributed by atoms with Crippen molar-refractivity contribution in [3.63, 3.8) is 0 Å². The summed E-state index contributed by atoms with van der Waals surface area (Å²) >= 11 is 0. The Morgan fingerprint density at radius 2 is 1.95 bits per heavy atom. The zero-order chi connectivity index (χ0) is 13.7. The van der Waals surface area contributed by atoms with Gasteiger partial charge in [-0.15, -0.1) is 0 Å². The fraction of sp³-hybridized carbons (Fsp3) is 0.214. The second-order valence-electron chi connectivity index (χ2n) is 4.30.